The monoisotopic (exact) mass is 277 g/mol. The molecule has 0 aliphatic carbocycles. The first-order valence-electron chi connectivity index (χ1n) is 7.19. The minimum absolute atomic E-state index is 0.438. The number of imidazole rings is 1. The zero-order valence-corrected chi connectivity index (χ0v) is 12.6. The van der Waals surface area contributed by atoms with Crippen LogP contribution in [-0.4, -0.2) is 14.5 Å². The standard InChI is InChI=1S/C18H19N3/c1-13(2)15-7-4-8-16(14-6-5-9-19-12-14)17(15)18-20-10-11-21(18)3/h4-13H,1-3H3. The maximum atomic E-state index is 4.56. The molecule has 3 heteroatoms. The van der Waals surface area contributed by atoms with Gasteiger partial charge >= 0.3 is 0 Å². The van der Waals surface area contributed by atoms with Crippen LogP contribution in [0.5, 0.6) is 0 Å². The van der Waals surface area contributed by atoms with E-state index in [1.165, 1.54) is 16.7 Å². The zero-order chi connectivity index (χ0) is 14.8. The summed E-state index contributed by atoms with van der Waals surface area (Å²) in [6.45, 7) is 4.43. The number of rotatable bonds is 3. The molecule has 3 rings (SSSR count). The largest absolute Gasteiger partial charge is 0.334 e. The van der Waals surface area contributed by atoms with Crippen molar-refractivity contribution in [2.24, 2.45) is 7.05 Å². The fourth-order valence-electron chi connectivity index (χ4n) is 2.67. The average Bonchev–Trinajstić information content (AvgIpc) is 2.93. The van der Waals surface area contributed by atoms with Gasteiger partial charge in [-0.05, 0) is 23.1 Å². The van der Waals surface area contributed by atoms with Crippen molar-refractivity contribution >= 4 is 0 Å². The summed E-state index contributed by atoms with van der Waals surface area (Å²) in [5, 5.41) is 0. The van der Waals surface area contributed by atoms with Crippen molar-refractivity contribution in [2.45, 2.75) is 19.8 Å². The van der Waals surface area contributed by atoms with E-state index in [9.17, 15) is 0 Å². The van der Waals surface area contributed by atoms with Crippen LogP contribution in [0, 0.1) is 0 Å². The lowest BCUT2D eigenvalue weighted by Crippen LogP contribution is -2.00. The van der Waals surface area contributed by atoms with Crippen LogP contribution >= 0.6 is 0 Å². The molecule has 0 aliphatic rings. The Morgan fingerprint density at radius 1 is 1.05 bits per heavy atom. The molecule has 0 saturated heterocycles. The van der Waals surface area contributed by atoms with Crippen molar-refractivity contribution in [3.8, 4) is 22.5 Å². The van der Waals surface area contributed by atoms with Crippen molar-refractivity contribution in [1.29, 1.82) is 0 Å². The molecule has 0 radical (unpaired) electrons. The van der Waals surface area contributed by atoms with Crippen molar-refractivity contribution in [2.75, 3.05) is 0 Å². The van der Waals surface area contributed by atoms with Gasteiger partial charge in [-0.3, -0.25) is 4.98 Å². The number of aryl methyl sites for hydroxylation is 1. The molecule has 2 aromatic heterocycles. The van der Waals surface area contributed by atoms with Crippen LogP contribution in [0.4, 0.5) is 0 Å². The fraction of sp³-hybridized carbons (Fsp3) is 0.222. The van der Waals surface area contributed by atoms with E-state index in [1.54, 1.807) is 6.20 Å². The number of benzene rings is 1. The number of nitrogens with zero attached hydrogens (tertiary/aromatic N) is 3. The molecular weight excluding hydrogens is 258 g/mol. The zero-order valence-electron chi connectivity index (χ0n) is 12.6. The number of hydrogen-bond donors (Lipinski definition) is 0. The average molecular weight is 277 g/mol. The summed E-state index contributed by atoms with van der Waals surface area (Å²) in [6.07, 6.45) is 7.54. The Morgan fingerprint density at radius 2 is 1.90 bits per heavy atom. The van der Waals surface area contributed by atoms with Gasteiger partial charge in [0.05, 0.1) is 0 Å². The first-order valence-corrected chi connectivity index (χ1v) is 7.19. The molecule has 3 aromatic rings. The second-order valence-corrected chi connectivity index (χ2v) is 5.53. The lowest BCUT2D eigenvalue weighted by Gasteiger charge is -2.17. The van der Waals surface area contributed by atoms with Crippen molar-refractivity contribution in [3.05, 3.63) is 60.7 Å². The lowest BCUT2D eigenvalue weighted by molar-refractivity contribution is 0.858. The highest BCUT2D eigenvalue weighted by molar-refractivity contribution is 5.83. The lowest BCUT2D eigenvalue weighted by atomic mass is 9.90. The Kier molecular flexibility index (Phi) is 3.57. The predicted molar refractivity (Wildman–Crippen MR) is 86.0 cm³/mol. The van der Waals surface area contributed by atoms with Gasteiger partial charge in [0.15, 0.2) is 0 Å². The second-order valence-electron chi connectivity index (χ2n) is 5.53. The number of pyridine rings is 1. The fourth-order valence-corrected chi connectivity index (χ4v) is 2.67. The Hall–Kier alpha value is -2.42. The molecule has 0 N–H and O–H groups in total. The Labute approximate surface area is 125 Å². The van der Waals surface area contributed by atoms with Crippen LogP contribution in [-0.2, 0) is 7.05 Å². The SMILES string of the molecule is CC(C)c1cccc(-c2cccnc2)c1-c1nccn1C. The van der Waals surface area contributed by atoms with Crippen LogP contribution in [0.2, 0.25) is 0 Å². The molecule has 0 spiro atoms. The highest BCUT2D eigenvalue weighted by Crippen LogP contribution is 2.36. The van der Waals surface area contributed by atoms with E-state index < -0.39 is 0 Å². The van der Waals surface area contributed by atoms with Crippen LogP contribution < -0.4 is 0 Å². The molecule has 0 atom stereocenters. The normalized spacial score (nSPS) is 11.0. The van der Waals surface area contributed by atoms with Gasteiger partial charge in [-0.2, -0.15) is 0 Å². The highest BCUT2D eigenvalue weighted by Gasteiger charge is 2.17. The Morgan fingerprint density at radius 3 is 2.52 bits per heavy atom. The van der Waals surface area contributed by atoms with Gasteiger partial charge in [-0.25, -0.2) is 4.98 Å². The summed E-state index contributed by atoms with van der Waals surface area (Å²) in [5.74, 6) is 1.44. The Bertz CT molecular complexity index is 742. The maximum Gasteiger partial charge on any atom is 0.140 e. The summed E-state index contributed by atoms with van der Waals surface area (Å²) in [4.78, 5) is 8.81. The van der Waals surface area contributed by atoms with E-state index in [0.29, 0.717) is 5.92 Å². The van der Waals surface area contributed by atoms with Gasteiger partial charge in [0.1, 0.15) is 5.82 Å². The van der Waals surface area contributed by atoms with Crippen LogP contribution in [0.1, 0.15) is 25.3 Å². The molecule has 0 saturated carbocycles. The molecule has 0 amide bonds. The summed E-state index contributed by atoms with van der Waals surface area (Å²) in [7, 11) is 2.03. The van der Waals surface area contributed by atoms with Crippen LogP contribution in [0.15, 0.2) is 55.1 Å². The molecule has 0 bridgehead atoms. The minimum Gasteiger partial charge on any atom is -0.334 e. The van der Waals surface area contributed by atoms with Gasteiger partial charge in [0.25, 0.3) is 0 Å². The molecule has 0 unspecified atom stereocenters. The summed E-state index contributed by atoms with van der Waals surface area (Å²) >= 11 is 0. The van der Waals surface area contributed by atoms with E-state index in [-0.39, 0.29) is 0 Å². The summed E-state index contributed by atoms with van der Waals surface area (Å²) in [5.41, 5.74) is 4.82. The van der Waals surface area contributed by atoms with E-state index in [1.807, 2.05) is 31.7 Å². The quantitative estimate of drug-likeness (QED) is 0.715. The van der Waals surface area contributed by atoms with Crippen LogP contribution in [0.25, 0.3) is 22.5 Å². The van der Waals surface area contributed by atoms with Gasteiger partial charge in [-0.15, -0.1) is 0 Å². The molecule has 0 fully saturated rings. The highest BCUT2D eigenvalue weighted by atomic mass is 15.0. The van der Waals surface area contributed by atoms with Gasteiger partial charge in [0, 0.05) is 43.0 Å². The van der Waals surface area contributed by atoms with Crippen molar-refractivity contribution in [1.82, 2.24) is 14.5 Å². The molecular formula is C18H19N3. The first-order chi connectivity index (χ1) is 10.2. The maximum absolute atomic E-state index is 4.56. The molecule has 0 aliphatic heterocycles. The smallest absolute Gasteiger partial charge is 0.140 e. The third kappa shape index (κ3) is 2.47. The number of aromatic nitrogens is 3. The van der Waals surface area contributed by atoms with Gasteiger partial charge < -0.3 is 4.57 Å². The van der Waals surface area contributed by atoms with Crippen molar-refractivity contribution < 1.29 is 0 Å². The summed E-state index contributed by atoms with van der Waals surface area (Å²) in [6, 6.07) is 10.5. The minimum atomic E-state index is 0.438. The van der Waals surface area contributed by atoms with E-state index >= 15 is 0 Å². The molecule has 3 nitrogen and oxygen atoms in total. The second kappa shape index (κ2) is 5.52. The molecule has 106 valence electrons. The molecule has 2 heterocycles. The summed E-state index contributed by atoms with van der Waals surface area (Å²) < 4.78 is 2.07. The third-order valence-corrected chi connectivity index (χ3v) is 3.74. The van der Waals surface area contributed by atoms with Crippen molar-refractivity contribution in [3.63, 3.8) is 0 Å². The van der Waals surface area contributed by atoms with E-state index in [4.69, 9.17) is 0 Å². The predicted octanol–water partition coefficient (Wildman–Crippen LogP) is 4.27. The van der Waals surface area contributed by atoms with Gasteiger partial charge in [-0.1, -0.05) is 38.1 Å². The van der Waals surface area contributed by atoms with Gasteiger partial charge in [0.2, 0.25) is 0 Å². The van der Waals surface area contributed by atoms with E-state index in [0.717, 1.165) is 11.4 Å². The topological polar surface area (TPSA) is 30.7 Å². The number of hydrogen-bond acceptors (Lipinski definition) is 2. The van der Waals surface area contributed by atoms with Crippen LogP contribution in [0.3, 0.4) is 0 Å². The Balaban J connectivity index is 2.31. The molecule has 21 heavy (non-hydrogen) atoms. The molecule has 1 aromatic carbocycles. The third-order valence-electron chi connectivity index (χ3n) is 3.74. The van der Waals surface area contributed by atoms with E-state index in [2.05, 4.69) is 52.6 Å². The first kappa shape index (κ1) is 13.6.